The fourth-order valence-corrected chi connectivity index (χ4v) is 4.23. The summed E-state index contributed by atoms with van der Waals surface area (Å²) in [5.74, 6) is 0.872. The lowest BCUT2D eigenvalue weighted by Gasteiger charge is -2.34. The van der Waals surface area contributed by atoms with Gasteiger partial charge in [0.1, 0.15) is 5.82 Å². The Labute approximate surface area is 178 Å². The minimum Gasteiger partial charge on any atom is -0.353 e. The van der Waals surface area contributed by atoms with Gasteiger partial charge in [-0.05, 0) is 43.7 Å². The number of amides is 1. The predicted octanol–water partition coefficient (Wildman–Crippen LogP) is 2.98. The smallest absolute Gasteiger partial charge is 0.257 e. The van der Waals surface area contributed by atoms with Gasteiger partial charge in [0.2, 0.25) is 0 Å². The van der Waals surface area contributed by atoms with Crippen molar-refractivity contribution in [3.8, 4) is 11.3 Å². The molecule has 0 unspecified atom stereocenters. The summed E-state index contributed by atoms with van der Waals surface area (Å²) < 4.78 is 0. The van der Waals surface area contributed by atoms with E-state index in [4.69, 9.17) is 4.98 Å². The molecule has 0 bridgehead atoms. The molecule has 2 aromatic heterocycles. The highest BCUT2D eigenvalue weighted by Crippen LogP contribution is 2.27. The molecule has 0 spiro atoms. The molecule has 3 rings (SSSR count). The summed E-state index contributed by atoms with van der Waals surface area (Å²) in [4.78, 5) is 27.0. The number of thiophene rings is 1. The lowest BCUT2D eigenvalue weighted by molar-refractivity contribution is 0.0780. The van der Waals surface area contributed by atoms with Gasteiger partial charge in [-0.3, -0.25) is 4.79 Å². The molecule has 0 saturated carbocycles. The van der Waals surface area contributed by atoms with Crippen molar-refractivity contribution in [1.29, 1.82) is 0 Å². The van der Waals surface area contributed by atoms with Gasteiger partial charge in [-0.15, -0.1) is 0 Å². The number of carbonyl (C=O) groups is 1. The van der Waals surface area contributed by atoms with Gasteiger partial charge in [0.05, 0.1) is 11.3 Å². The minimum atomic E-state index is 0.0513. The van der Waals surface area contributed by atoms with E-state index in [1.807, 2.05) is 24.1 Å². The number of pyridine rings is 1. The van der Waals surface area contributed by atoms with E-state index in [-0.39, 0.29) is 5.91 Å². The zero-order chi connectivity index (χ0) is 20.8. The number of aromatic nitrogens is 1. The van der Waals surface area contributed by atoms with Gasteiger partial charge in [0.25, 0.3) is 5.91 Å². The van der Waals surface area contributed by atoms with Crippen molar-refractivity contribution in [2.24, 2.45) is 0 Å². The molecule has 158 valence electrons. The molecule has 7 heteroatoms. The summed E-state index contributed by atoms with van der Waals surface area (Å²) in [5.41, 5.74) is 2.75. The first-order valence-electron chi connectivity index (χ1n) is 10.5. The van der Waals surface area contributed by atoms with Crippen LogP contribution >= 0.6 is 11.3 Å². The summed E-state index contributed by atoms with van der Waals surface area (Å²) in [6, 6.07) is 6.02. The van der Waals surface area contributed by atoms with Gasteiger partial charge in [0, 0.05) is 57.3 Å². The third kappa shape index (κ3) is 5.35. The van der Waals surface area contributed by atoms with Gasteiger partial charge < -0.3 is 19.6 Å². The number of carbonyl (C=O) groups excluding carboxylic acids is 1. The zero-order valence-corrected chi connectivity index (χ0v) is 18.9. The average Bonchev–Trinajstić information content (AvgIpc) is 3.29. The first-order valence-corrected chi connectivity index (χ1v) is 11.4. The van der Waals surface area contributed by atoms with Crippen molar-refractivity contribution < 1.29 is 4.79 Å². The molecule has 1 fully saturated rings. The average molecular weight is 416 g/mol. The highest BCUT2D eigenvalue weighted by atomic mass is 32.1. The highest BCUT2D eigenvalue weighted by Gasteiger charge is 2.24. The number of nitrogens with zero attached hydrogens (tertiary/aromatic N) is 5. The maximum atomic E-state index is 13.3. The van der Waals surface area contributed by atoms with Crippen LogP contribution in [0.5, 0.6) is 0 Å². The standard InChI is InChI=1S/C22H33N5OS/c1-5-26(6-2)13-12-25(4)22(28)19-7-8-20(18-9-16-29-17-18)23-21(19)27-14-10-24(3)11-15-27/h7-9,16-17H,5-6,10-15H2,1-4H3. The van der Waals surface area contributed by atoms with Crippen molar-refractivity contribution in [1.82, 2.24) is 19.7 Å². The summed E-state index contributed by atoms with van der Waals surface area (Å²) in [6.07, 6.45) is 0. The Morgan fingerprint density at radius 2 is 1.83 bits per heavy atom. The molecular weight excluding hydrogens is 382 g/mol. The molecule has 29 heavy (non-hydrogen) atoms. The van der Waals surface area contributed by atoms with Crippen molar-refractivity contribution in [3.63, 3.8) is 0 Å². The van der Waals surface area contributed by atoms with Crippen LogP contribution in [0, 0.1) is 0 Å². The summed E-state index contributed by atoms with van der Waals surface area (Å²) in [6.45, 7) is 11.7. The van der Waals surface area contributed by atoms with Crippen LogP contribution < -0.4 is 4.90 Å². The molecular formula is C22H33N5OS. The van der Waals surface area contributed by atoms with Crippen molar-refractivity contribution in [2.75, 3.05) is 71.4 Å². The maximum absolute atomic E-state index is 13.3. The van der Waals surface area contributed by atoms with E-state index in [0.29, 0.717) is 5.56 Å². The largest absolute Gasteiger partial charge is 0.353 e. The predicted molar refractivity (Wildman–Crippen MR) is 122 cm³/mol. The first-order chi connectivity index (χ1) is 14.0. The van der Waals surface area contributed by atoms with Gasteiger partial charge in [0.15, 0.2) is 0 Å². The molecule has 1 aliphatic heterocycles. The molecule has 0 radical (unpaired) electrons. The molecule has 6 nitrogen and oxygen atoms in total. The Morgan fingerprint density at radius 1 is 1.10 bits per heavy atom. The Balaban J connectivity index is 1.85. The van der Waals surface area contributed by atoms with E-state index in [2.05, 4.69) is 52.4 Å². The number of rotatable bonds is 8. The quantitative estimate of drug-likeness (QED) is 0.663. The number of likely N-dealkylation sites (N-methyl/N-ethyl adjacent to an activating group) is 3. The Bertz CT molecular complexity index is 783. The maximum Gasteiger partial charge on any atom is 0.257 e. The molecule has 0 aliphatic carbocycles. The monoisotopic (exact) mass is 415 g/mol. The number of anilines is 1. The third-order valence-corrected chi connectivity index (χ3v) is 6.40. The Hall–Kier alpha value is -1.96. The van der Waals surface area contributed by atoms with E-state index in [9.17, 15) is 4.79 Å². The molecule has 0 N–H and O–H groups in total. The second kappa shape index (κ2) is 10.2. The second-order valence-electron chi connectivity index (χ2n) is 7.62. The van der Waals surface area contributed by atoms with Gasteiger partial charge in [-0.25, -0.2) is 4.98 Å². The normalized spacial score (nSPS) is 15.1. The van der Waals surface area contributed by atoms with Crippen LogP contribution in [-0.2, 0) is 0 Å². The zero-order valence-electron chi connectivity index (χ0n) is 18.1. The van der Waals surface area contributed by atoms with Gasteiger partial charge in [-0.1, -0.05) is 13.8 Å². The van der Waals surface area contributed by atoms with Crippen LogP contribution in [-0.4, -0.2) is 92.0 Å². The lowest BCUT2D eigenvalue weighted by atomic mass is 10.1. The van der Waals surface area contributed by atoms with Gasteiger partial charge in [-0.2, -0.15) is 11.3 Å². The summed E-state index contributed by atoms with van der Waals surface area (Å²) in [5, 5.41) is 4.17. The van der Waals surface area contributed by atoms with Gasteiger partial charge >= 0.3 is 0 Å². The van der Waals surface area contributed by atoms with Crippen molar-refractivity contribution in [3.05, 3.63) is 34.5 Å². The molecule has 1 amide bonds. The number of hydrogen-bond acceptors (Lipinski definition) is 6. The highest BCUT2D eigenvalue weighted by molar-refractivity contribution is 7.08. The number of hydrogen-bond donors (Lipinski definition) is 0. The fraction of sp³-hybridized carbons (Fsp3) is 0.545. The van der Waals surface area contributed by atoms with Crippen molar-refractivity contribution in [2.45, 2.75) is 13.8 Å². The van der Waals surface area contributed by atoms with Crippen LogP contribution in [0.15, 0.2) is 29.0 Å². The van der Waals surface area contributed by atoms with E-state index >= 15 is 0 Å². The molecule has 0 aromatic carbocycles. The van der Waals surface area contributed by atoms with E-state index in [1.165, 1.54) is 0 Å². The van der Waals surface area contributed by atoms with E-state index in [1.54, 1.807) is 11.3 Å². The molecule has 1 saturated heterocycles. The topological polar surface area (TPSA) is 42.9 Å². The van der Waals surface area contributed by atoms with Crippen LogP contribution in [0.4, 0.5) is 5.82 Å². The minimum absolute atomic E-state index is 0.0513. The molecule has 1 aliphatic rings. The first kappa shape index (κ1) is 21.7. The van der Waals surface area contributed by atoms with Crippen LogP contribution in [0.1, 0.15) is 24.2 Å². The second-order valence-corrected chi connectivity index (χ2v) is 8.40. The number of piperazine rings is 1. The molecule has 3 heterocycles. The third-order valence-electron chi connectivity index (χ3n) is 5.72. The van der Waals surface area contributed by atoms with Crippen LogP contribution in [0.25, 0.3) is 11.3 Å². The van der Waals surface area contributed by atoms with E-state index in [0.717, 1.165) is 69.4 Å². The van der Waals surface area contributed by atoms with Crippen LogP contribution in [0.3, 0.4) is 0 Å². The van der Waals surface area contributed by atoms with E-state index < -0.39 is 0 Å². The fourth-order valence-electron chi connectivity index (χ4n) is 3.58. The lowest BCUT2D eigenvalue weighted by Crippen LogP contribution is -2.46. The molecule has 2 aromatic rings. The van der Waals surface area contributed by atoms with Crippen molar-refractivity contribution >= 4 is 23.1 Å². The Kier molecular flexibility index (Phi) is 7.64. The summed E-state index contributed by atoms with van der Waals surface area (Å²) >= 11 is 1.66. The summed E-state index contributed by atoms with van der Waals surface area (Å²) in [7, 11) is 4.03. The SMILES string of the molecule is CCN(CC)CCN(C)C(=O)c1ccc(-c2ccsc2)nc1N1CCN(C)CC1. The molecule has 0 atom stereocenters. The Morgan fingerprint density at radius 3 is 2.45 bits per heavy atom. The van der Waals surface area contributed by atoms with Crippen LogP contribution in [0.2, 0.25) is 0 Å².